The van der Waals surface area contributed by atoms with E-state index in [2.05, 4.69) is 5.32 Å². The first-order valence-corrected chi connectivity index (χ1v) is 11.1. The van der Waals surface area contributed by atoms with Gasteiger partial charge in [-0.15, -0.1) is 0 Å². The van der Waals surface area contributed by atoms with E-state index in [1.54, 1.807) is 23.1 Å². The third kappa shape index (κ3) is 6.48. The predicted octanol–water partition coefficient (Wildman–Crippen LogP) is 5.57. The zero-order chi connectivity index (χ0) is 22.3. The molecule has 0 radical (unpaired) electrons. The minimum Gasteiger partial charge on any atom is -0.352 e. The molecule has 0 bridgehead atoms. The van der Waals surface area contributed by atoms with Crippen molar-refractivity contribution in [2.45, 2.75) is 65.6 Å². The monoisotopic (exact) mass is 448 g/mol. The first-order valence-electron chi connectivity index (χ1n) is 10.3. The quantitative estimate of drug-likeness (QED) is 0.545. The van der Waals surface area contributed by atoms with Gasteiger partial charge in [-0.2, -0.15) is 0 Å². The molecule has 162 valence electrons. The van der Waals surface area contributed by atoms with Crippen LogP contribution in [0.25, 0.3) is 0 Å². The lowest BCUT2D eigenvalue weighted by molar-refractivity contribution is -0.141. The number of carbonyl (C=O) groups is 2. The fourth-order valence-electron chi connectivity index (χ4n) is 3.32. The van der Waals surface area contributed by atoms with Gasteiger partial charge >= 0.3 is 0 Å². The van der Waals surface area contributed by atoms with Gasteiger partial charge in [-0.1, -0.05) is 72.9 Å². The number of hydrogen-bond donors (Lipinski definition) is 1. The van der Waals surface area contributed by atoms with Gasteiger partial charge in [0, 0.05) is 22.6 Å². The third-order valence-electron chi connectivity index (χ3n) is 5.21. The number of rotatable bonds is 9. The Morgan fingerprint density at radius 2 is 1.67 bits per heavy atom. The highest BCUT2D eigenvalue weighted by Gasteiger charge is 2.30. The molecule has 0 aliphatic carbocycles. The highest BCUT2D eigenvalue weighted by atomic mass is 35.5. The van der Waals surface area contributed by atoms with E-state index in [0.29, 0.717) is 28.6 Å². The molecule has 0 fully saturated rings. The van der Waals surface area contributed by atoms with Gasteiger partial charge < -0.3 is 10.2 Å². The zero-order valence-corrected chi connectivity index (χ0v) is 19.6. The largest absolute Gasteiger partial charge is 0.352 e. The summed E-state index contributed by atoms with van der Waals surface area (Å²) in [7, 11) is 0. The SMILES string of the molecule is CCC(C)NC(=O)C(CC)N(Cc1cccc(C)c1)C(=O)Cc1c(Cl)cccc1Cl. The molecule has 0 aliphatic heterocycles. The van der Waals surface area contributed by atoms with Crippen molar-refractivity contribution in [3.05, 3.63) is 69.2 Å². The molecule has 2 amide bonds. The molecule has 30 heavy (non-hydrogen) atoms. The van der Waals surface area contributed by atoms with Crippen LogP contribution in [-0.2, 0) is 22.6 Å². The molecule has 0 heterocycles. The Balaban J connectivity index is 2.35. The Labute approximate surface area is 189 Å². The van der Waals surface area contributed by atoms with Crippen LogP contribution in [0.1, 0.15) is 50.3 Å². The first-order chi connectivity index (χ1) is 14.3. The number of nitrogens with zero attached hydrogens (tertiary/aromatic N) is 1. The zero-order valence-electron chi connectivity index (χ0n) is 18.0. The normalized spacial score (nSPS) is 12.9. The number of halogens is 2. The van der Waals surface area contributed by atoms with Crippen molar-refractivity contribution in [1.82, 2.24) is 10.2 Å². The van der Waals surface area contributed by atoms with E-state index in [4.69, 9.17) is 23.2 Å². The number of carbonyl (C=O) groups excluding carboxylic acids is 2. The Morgan fingerprint density at radius 1 is 1.03 bits per heavy atom. The summed E-state index contributed by atoms with van der Waals surface area (Å²) < 4.78 is 0. The molecule has 2 aromatic carbocycles. The van der Waals surface area contributed by atoms with Crippen LogP contribution in [0.2, 0.25) is 10.0 Å². The highest BCUT2D eigenvalue weighted by Crippen LogP contribution is 2.26. The number of benzene rings is 2. The summed E-state index contributed by atoms with van der Waals surface area (Å²) in [6.45, 7) is 8.24. The van der Waals surface area contributed by atoms with Crippen molar-refractivity contribution in [1.29, 1.82) is 0 Å². The minimum atomic E-state index is -0.576. The lowest BCUT2D eigenvalue weighted by Crippen LogP contribution is -2.51. The molecule has 1 N–H and O–H groups in total. The van der Waals surface area contributed by atoms with Crippen LogP contribution in [0.15, 0.2) is 42.5 Å². The van der Waals surface area contributed by atoms with Gasteiger partial charge in [0.05, 0.1) is 6.42 Å². The molecule has 0 aliphatic rings. The van der Waals surface area contributed by atoms with Crippen LogP contribution < -0.4 is 5.32 Å². The Kier molecular flexibility index (Phi) is 9.19. The topological polar surface area (TPSA) is 49.4 Å². The van der Waals surface area contributed by atoms with E-state index in [9.17, 15) is 9.59 Å². The van der Waals surface area contributed by atoms with Crippen molar-refractivity contribution in [3.8, 4) is 0 Å². The van der Waals surface area contributed by atoms with Crippen LogP contribution in [0.3, 0.4) is 0 Å². The summed E-state index contributed by atoms with van der Waals surface area (Å²) in [6.07, 6.45) is 1.37. The van der Waals surface area contributed by atoms with Gasteiger partial charge in [0.1, 0.15) is 6.04 Å². The van der Waals surface area contributed by atoms with Crippen molar-refractivity contribution >= 4 is 35.0 Å². The summed E-state index contributed by atoms with van der Waals surface area (Å²) in [4.78, 5) is 28.0. The first kappa shape index (κ1) is 24.2. The molecule has 0 spiro atoms. The Hall–Kier alpha value is -2.04. The van der Waals surface area contributed by atoms with Crippen LogP contribution in [0.5, 0.6) is 0 Å². The third-order valence-corrected chi connectivity index (χ3v) is 5.92. The van der Waals surface area contributed by atoms with Gasteiger partial charge in [-0.05, 0) is 49.9 Å². The standard InChI is InChI=1S/C24H30Cl2N2O2/c1-5-17(4)27-24(30)22(6-2)28(15-18-10-7-9-16(3)13-18)23(29)14-19-20(25)11-8-12-21(19)26/h7-13,17,22H,5-6,14-15H2,1-4H3,(H,27,30). The van der Waals surface area contributed by atoms with Gasteiger partial charge in [0.2, 0.25) is 11.8 Å². The highest BCUT2D eigenvalue weighted by molar-refractivity contribution is 6.36. The van der Waals surface area contributed by atoms with Gasteiger partial charge in [0.15, 0.2) is 0 Å². The van der Waals surface area contributed by atoms with Crippen molar-refractivity contribution in [2.75, 3.05) is 0 Å². The minimum absolute atomic E-state index is 0.0391. The number of aryl methyl sites for hydroxylation is 1. The van der Waals surface area contributed by atoms with E-state index < -0.39 is 6.04 Å². The molecule has 2 atom stereocenters. The maximum absolute atomic E-state index is 13.4. The molecule has 6 heteroatoms. The second kappa shape index (κ2) is 11.4. The molecule has 2 aromatic rings. The van der Waals surface area contributed by atoms with Crippen LogP contribution >= 0.6 is 23.2 Å². The summed E-state index contributed by atoms with van der Waals surface area (Å²) in [5.74, 6) is -0.323. The Morgan fingerprint density at radius 3 is 2.23 bits per heavy atom. The number of nitrogens with one attached hydrogen (secondary N) is 1. The molecule has 0 aromatic heterocycles. The van der Waals surface area contributed by atoms with Gasteiger partial charge in [-0.25, -0.2) is 0 Å². The second-order valence-corrected chi connectivity index (χ2v) is 8.44. The van der Waals surface area contributed by atoms with E-state index in [-0.39, 0.29) is 24.3 Å². The fourth-order valence-corrected chi connectivity index (χ4v) is 3.85. The van der Waals surface area contributed by atoms with E-state index in [0.717, 1.165) is 17.5 Å². The molecule has 0 saturated heterocycles. The average molecular weight is 449 g/mol. The molecule has 0 saturated carbocycles. The number of hydrogen-bond acceptors (Lipinski definition) is 2. The van der Waals surface area contributed by atoms with Crippen molar-refractivity contribution < 1.29 is 9.59 Å². The molecule has 2 rings (SSSR count). The van der Waals surface area contributed by atoms with Gasteiger partial charge in [0.25, 0.3) is 0 Å². The predicted molar refractivity (Wildman–Crippen MR) is 124 cm³/mol. The van der Waals surface area contributed by atoms with Crippen molar-refractivity contribution in [2.24, 2.45) is 0 Å². The van der Waals surface area contributed by atoms with Crippen LogP contribution in [0.4, 0.5) is 0 Å². The van der Waals surface area contributed by atoms with E-state index >= 15 is 0 Å². The summed E-state index contributed by atoms with van der Waals surface area (Å²) >= 11 is 12.6. The summed E-state index contributed by atoms with van der Waals surface area (Å²) in [5.41, 5.74) is 2.66. The summed E-state index contributed by atoms with van der Waals surface area (Å²) in [5, 5.41) is 3.91. The van der Waals surface area contributed by atoms with E-state index in [1.165, 1.54) is 0 Å². The van der Waals surface area contributed by atoms with Gasteiger partial charge in [-0.3, -0.25) is 9.59 Å². The van der Waals surface area contributed by atoms with Crippen molar-refractivity contribution in [3.63, 3.8) is 0 Å². The second-order valence-electron chi connectivity index (χ2n) is 7.63. The average Bonchev–Trinajstić information content (AvgIpc) is 2.70. The maximum Gasteiger partial charge on any atom is 0.243 e. The smallest absolute Gasteiger partial charge is 0.243 e. The molecule has 4 nitrogen and oxygen atoms in total. The maximum atomic E-state index is 13.4. The number of amides is 2. The fraction of sp³-hybridized carbons (Fsp3) is 0.417. The molecule has 2 unspecified atom stereocenters. The van der Waals surface area contributed by atoms with Crippen LogP contribution in [-0.4, -0.2) is 28.8 Å². The Bertz CT molecular complexity index is 865. The lowest BCUT2D eigenvalue weighted by Gasteiger charge is -2.32. The molecular formula is C24H30Cl2N2O2. The lowest BCUT2D eigenvalue weighted by atomic mass is 10.0. The van der Waals surface area contributed by atoms with Crippen LogP contribution in [0, 0.1) is 6.92 Å². The summed E-state index contributed by atoms with van der Waals surface area (Å²) in [6, 6.07) is 12.6. The van der Waals surface area contributed by atoms with E-state index in [1.807, 2.05) is 52.0 Å². The molecular weight excluding hydrogens is 419 g/mol.